The highest BCUT2D eigenvalue weighted by molar-refractivity contribution is 5.87. The van der Waals surface area contributed by atoms with Gasteiger partial charge in [0.2, 0.25) is 11.8 Å². The molecule has 2 aromatic rings. The monoisotopic (exact) mass is 356 g/mol. The number of anilines is 1. The Kier molecular flexibility index (Phi) is 5.50. The first-order chi connectivity index (χ1) is 12.5. The van der Waals surface area contributed by atoms with Gasteiger partial charge in [0, 0.05) is 57.6 Å². The number of hydrogen-bond acceptors (Lipinski definition) is 5. The molecule has 26 heavy (non-hydrogen) atoms. The number of nitrogens with one attached hydrogen (secondary N) is 2. The number of H-pyrrole nitrogens is 1. The molecule has 0 aromatic carbocycles. The van der Waals surface area contributed by atoms with E-state index in [4.69, 9.17) is 0 Å². The first-order valence-electron chi connectivity index (χ1n) is 8.74. The van der Waals surface area contributed by atoms with Crippen molar-refractivity contribution in [1.29, 1.82) is 0 Å². The number of aryl methyl sites for hydroxylation is 1. The SMILES string of the molecule is CC(=O)N[C@@H](Cc1cnc[nH]1)C(=O)N1CCN(c2ncccc2C)CC1. The molecule has 1 aliphatic heterocycles. The van der Waals surface area contributed by atoms with Crippen LogP contribution in [0.4, 0.5) is 5.82 Å². The summed E-state index contributed by atoms with van der Waals surface area (Å²) < 4.78 is 0. The summed E-state index contributed by atoms with van der Waals surface area (Å²) in [6.45, 7) is 6.12. The van der Waals surface area contributed by atoms with Crippen molar-refractivity contribution in [1.82, 2.24) is 25.2 Å². The highest BCUT2D eigenvalue weighted by Crippen LogP contribution is 2.18. The van der Waals surface area contributed by atoms with Gasteiger partial charge in [0.25, 0.3) is 0 Å². The van der Waals surface area contributed by atoms with E-state index in [1.807, 2.05) is 24.0 Å². The van der Waals surface area contributed by atoms with Crippen LogP contribution in [-0.4, -0.2) is 63.9 Å². The molecule has 2 amide bonds. The number of imidazole rings is 1. The van der Waals surface area contributed by atoms with Gasteiger partial charge < -0.3 is 20.1 Å². The minimum absolute atomic E-state index is 0.0628. The predicted octanol–water partition coefficient (Wildman–Crippen LogP) is 0.509. The van der Waals surface area contributed by atoms with E-state index in [1.54, 1.807) is 18.7 Å². The molecule has 1 aliphatic rings. The molecule has 8 heteroatoms. The van der Waals surface area contributed by atoms with Crippen LogP contribution in [-0.2, 0) is 16.0 Å². The molecule has 3 heterocycles. The Morgan fingerprint density at radius 3 is 2.69 bits per heavy atom. The number of nitrogens with zero attached hydrogens (tertiary/aromatic N) is 4. The first-order valence-corrected chi connectivity index (χ1v) is 8.74. The maximum absolute atomic E-state index is 12.9. The topological polar surface area (TPSA) is 94.2 Å². The lowest BCUT2D eigenvalue weighted by atomic mass is 10.1. The van der Waals surface area contributed by atoms with Gasteiger partial charge in [-0.3, -0.25) is 9.59 Å². The van der Waals surface area contributed by atoms with Gasteiger partial charge in [-0.05, 0) is 18.6 Å². The summed E-state index contributed by atoms with van der Waals surface area (Å²) in [5.41, 5.74) is 1.95. The second-order valence-corrected chi connectivity index (χ2v) is 6.49. The first kappa shape index (κ1) is 17.9. The van der Waals surface area contributed by atoms with Crippen LogP contribution in [0.15, 0.2) is 30.9 Å². The fourth-order valence-corrected chi connectivity index (χ4v) is 3.23. The third-order valence-electron chi connectivity index (χ3n) is 4.53. The van der Waals surface area contributed by atoms with Crippen LogP contribution >= 0.6 is 0 Å². The van der Waals surface area contributed by atoms with Crippen LogP contribution in [0.5, 0.6) is 0 Å². The van der Waals surface area contributed by atoms with Crippen molar-refractivity contribution in [2.45, 2.75) is 26.3 Å². The molecule has 138 valence electrons. The Hall–Kier alpha value is -2.90. The molecule has 0 saturated carbocycles. The average Bonchev–Trinajstić information content (AvgIpc) is 3.14. The van der Waals surface area contributed by atoms with Crippen LogP contribution in [0.25, 0.3) is 0 Å². The van der Waals surface area contributed by atoms with Gasteiger partial charge >= 0.3 is 0 Å². The molecule has 1 fully saturated rings. The van der Waals surface area contributed by atoms with Crippen LogP contribution in [0.2, 0.25) is 0 Å². The summed E-state index contributed by atoms with van der Waals surface area (Å²) in [5.74, 6) is 0.688. The second-order valence-electron chi connectivity index (χ2n) is 6.49. The molecule has 0 aliphatic carbocycles. The lowest BCUT2D eigenvalue weighted by Crippen LogP contribution is -2.55. The smallest absolute Gasteiger partial charge is 0.245 e. The minimum atomic E-state index is -0.587. The van der Waals surface area contributed by atoms with Crippen molar-refractivity contribution >= 4 is 17.6 Å². The van der Waals surface area contributed by atoms with Crippen LogP contribution in [0.3, 0.4) is 0 Å². The summed E-state index contributed by atoms with van der Waals surface area (Å²) in [4.78, 5) is 39.8. The van der Waals surface area contributed by atoms with Gasteiger partial charge in [-0.15, -0.1) is 0 Å². The summed E-state index contributed by atoms with van der Waals surface area (Å²) in [6.07, 6.45) is 5.43. The lowest BCUT2D eigenvalue weighted by Gasteiger charge is -2.37. The van der Waals surface area contributed by atoms with E-state index in [9.17, 15) is 9.59 Å². The van der Waals surface area contributed by atoms with Crippen LogP contribution in [0.1, 0.15) is 18.2 Å². The zero-order valence-corrected chi connectivity index (χ0v) is 15.1. The van der Waals surface area contributed by atoms with E-state index >= 15 is 0 Å². The van der Waals surface area contributed by atoms with Gasteiger partial charge in [0.1, 0.15) is 11.9 Å². The Morgan fingerprint density at radius 1 is 1.31 bits per heavy atom. The molecule has 8 nitrogen and oxygen atoms in total. The quantitative estimate of drug-likeness (QED) is 0.814. The van der Waals surface area contributed by atoms with Gasteiger partial charge in [0.15, 0.2) is 0 Å². The Bertz CT molecular complexity index is 753. The van der Waals surface area contributed by atoms with Crippen molar-refractivity contribution in [3.05, 3.63) is 42.1 Å². The van der Waals surface area contributed by atoms with E-state index in [1.165, 1.54) is 6.92 Å². The van der Waals surface area contributed by atoms with Crippen molar-refractivity contribution in [2.75, 3.05) is 31.1 Å². The van der Waals surface area contributed by atoms with E-state index in [0.29, 0.717) is 19.5 Å². The fraction of sp³-hybridized carbons (Fsp3) is 0.444. The van der Waals surface area contributed by atoms with E-state index in [2.05, 4.69) is 25.2 Å². The molecule has 2 aromatic heterocycles. The number of aromatic amines is 1. The maximum Gasteiger partial charge on any atom is 0.245 e. The third-order valence-corrected chi connectivity index (χ3v) is 4.53. The Labute approximate surface area is 152 Å². The zero-order chi connectivity index (χ0) is 18.5. The lowest BCUT2D eigenvalue weighted by molar-refractivity contribution is -0.136. The Balaban J connectivity index is 1.63. The van der Waals surface area contributed by atoms with Gasteiger partial charge in [-0.25, -0.2) is 9.97 Å². The van der Waals surface area contributed by atoms with Gasteiger partial charge in [0.05, 0.1) is 6.33 Å². The minimum Gasteiger partial charge on any atom is -0.353 e. The van der Waals surface area contributed by atoms with Crippen molar-refractivity contribution in [3.8, 4) is 0 Å². The number of rotatable bonds is 5. The summed E-state index contributed by atoms with van der Waals surface area (Å²) in [6, 6.07) is 3.37. The van der Waals surface area contributed by atoms with Crippen molar-refractivity contribution < 1.29 is 9.59 Å². The van der Waals surface area contributed by atoms with Gasteiger partial charge in [-0.1, -0.05) is 6.07 Å². The fourth-order valence-electron chi connectivity index (χ4n) is 3.23. The van der Waals surface area contributed by atoms with E-state index in [0.717, 1.165) is 30.2 Å². The maximum atomic E-state index is 12.9. The number of hydrogen-bond donors (Lipinski definition) is 2. The van der Waals surface area contributed by atoms with Crippen LogP contribution in [0, 0.1) is 6.92 Å². The van der Waals surface area contributed by atoms with Crippen molar-refractivity contribution in [2.24, 2.45) is 0 Å². The van der Waals surface area contributed by atoms with E-state index < -0.39 is 6.04 Å². The van der Waals surface area contributed by atoms with Crippen LogP contribution < -0.4 is 10.2 Å². The average molecular weight is 356 g/mol. The third kappa shape index (κ3) is 4.19. The molecule has 3 rings (SSSR count). The second kappa shape index (κ2) is 7.99. The molecule has 0 bridgehead atoms. The van der Waals surface area contributed by atoms with E-state index in [-0.39, 0.29) is 11.8 Å². The molecular formula is C18H24N6O2. The normalized spacial score (nSPS) is 15.6. The molecule has 1 saturated heterocycles. The molecule has 0 radical (unpaired) electrons. The molecule has 0 spiro atoms. The number of amides is 2. The highest BCUT2D eigenvalue weighted by Gasteiger charge is 2.29. The summed E-state index contributed by atoms with van der Waals surface area (Å²) in [7, 11) is 0. The summed E-state index contributed by atoms with van der Waals surface area (Å²) in [5, 5.41) is 2.76. The largest absolute Gasteiger partial charge is 0.353 e. The predicted molar refractivity (Wildman–Crippen MR) is 97.7 cm³/mol. The number of aromatic nitrogens is 3. The number of pyridine rings is 1. The molecule has 0 unspecified atom stereocenters. The van der Waals surface area contributed by atoms with Crippen molar-refractivity contribution in [3.63, 3.8) is 0 Å². The number of carbonyl (C=O) groups is 2. The zero-order valence-electron chi connectivity index (χ0n) is 15.1. The van der Waals surface area contributed by atoms with Gasteiger partial charge in [-0.2, -0.15) is 0 Å². The molecular weight excluding hydrogens is 332 g/mol. The number of carbonyl (C=O) groups excluding carboxylic acids is 2. The summed E-state index contributed by atoms with van der Waals surface area (Å²) >= 11 is 0. The Morgan fingerprint density at radius 2 is 2.08 bits per heavy atom. The molecule has 2 N–H and O–H groups in total. The highest BCUT2D eigenvalue weighted by atomic mass is 16.2. The number of piperazine rings is 1. The molecule has 1 atom stereocenters. The standard InChI is InChI=1S/C18H24N6O2/c1-13-4-3-5-20-17(13)23-6-8-24(9-7-23)18(26)16(22-14(2)25)10-15-11-19-12-21-15/h3-5,11-12,16H,6-10H2,1-2H3,(H,19,21)(H,22,25)/t16-/m0/s1.